The minimum Gasteiger partial charge on any atom is -0.475 e. The van der Waals surface area contributed by atoms with Gasteiger partial charge in [0.25, 0.3) is 5.91 Å². The van der Waals surface area contributed by atoms with Crippen molar-refractivity contribution >= 4 is 23.2 Å². The van der Waals surface area contributed by atoms with Gasteiger partial charge < -0.3 is 14.4 Å². The molecule has 11 heteroatoms. The normalized spacial score (nSPS) is 14.5. The summed E-state index contributed by atoms with van der Waals surface area (Å²) in [7, 11) is 3.53. The van der Waals surface area contributed by atoms with E-state index in [0.29, 0.717) is 5.01 Å². The predicted molar refractivity (Wildman–Crippen MR) is 95.2 cm³/mol. The van der Waals surface area contributed by atoms with Gasteiger partial charge in [0.05, 0.1) is 18.2 Å². The Hall–Kier alpha value is -2.40. The molecule has 0 saturated heterocycles. The monoisotopic (exact) mass is 419 g/mol. The molecule has 0 saturated carbocycles. The summed E-state index contributed by atoms with van der Waals surface area (Å²) < 4.78 is 36.9. The first-order valence-corrected chi connectivity index (χ1v) is 9.13. The number of alkyl halides is 3. The minimum absolute atomic E-state index is 0.00308. The number of hydrogen-bond acceptors (Lipinski definition) is 6. The van der Waals surface area contributed by atoms with Crippen molar-refractivity contribution in [2.45, 2.75) is 25.6 Å². The number of carbonyl (C=O) groups is 2. The van der Waals surface area contributed by atoms with Crippen LogP contribution < -0.4 is 0 Å². The van der Waals surface area contributed by atoms with Gasteiger partial charge in [-0.3, -0.25) is 9.69 Å². The second-order valence-electron chi connectivity index (χ2n) is 6.30. The summed E-state index contributed by atoms with van der Waals surface area (Å²) in [6, 6.07) is 2.01. The summed E-state index contributed by atoms with van der Waals surface area (Å²) in [4.78, 5) is 30.7. The summed E-state index contributed by atoms with van der Waals surface area (Å²) in [6.45, 7) is 2.88. The lowest BCUT2D eigenvalue weighted by molar-refractivity contribution is -0.192. The van der Waals surface area contributed by atoms with Crippen LogP contribution in [0.2, 0.25) is 0 Å². The van der Waals surface area contributed by atoms with Gasteiger partial charge in [-0.05, 0) is 12.5 Å². The Morgan fingerprint density at radius 1 is 1.32 bits per heavy atom. The average molecular weight is 419 g/mol. The summed E-state index contributed by atoms with van der Waals surface area (Å²) in [5.41, 5.74) is 2.30. The summed E-state index contributed by atoms with van der Waals surface area (Å²) in [6.07, 6.45) is 0.299. The molecule has 3 heterocycles. The van der Waals surface area contributed by atoms with Crippen molar-refractivity contribution < 1.29 is 32.3 Å². The average Bonchev–Trinajstić information content (AvgIpc) is 3.22. The highest BCUT2D eigenvalue weighted by Crippen LogP contribution is 2.24. The fraction of sp³-hybridized carbons (Fsp3) is 0.471. The standard InChI is InChI=1S/C15H19N3O2S.C2HF3O2/c1-17(2)15(19)14-16-12-3-6-18(7-4-13(12)21-14)9-11-5-8-20-10-11;3-2(4,5)1(6)7/h5,8,10H,3-4,6-7,9H2,1-2H3;(H,6,7). The molecule has 0 bridgehead atoms. The molecule has 0 aliphatic carbocycles. The van der Waals surface area contributed by atoms with Gasteiger partial charge in [-0.2, -0.15) is 13.2 Å². The Kier molecular flexibility index (Phi) is 7.19. The Balaban J connectivity index is 0.000000345. The van der Waals surface area contributed by atoms with Crippen LogP contribution in [0.1, 0.15) is 25.9 Å². The van der Waals surface area contributed by atoms with E-state index in [1.807, 2.05) is 6.07 Å². The van der Waals surface area contributed by atoms with Crippen molar-refractivity contribution in [2.24, 2.45) is 0 Å². The number of fused-ring (bicyclic) bond motifs is 1. The summed E-state index contributed by atoms with van der Waals surface area (Å²) in [5.74, 6) is -2.75. The van der Waals surface area contributed by atoms with Crippen LogP contribution in [-0.2, 0) is 24.2 Å². The van der Waals surface area contributed by atoms with Crippen LogP contribution >= 0.6 is 11.3 Å². The Bertz CT molecular complexity index is 778. The molecule has 2 aromatic heterocycles. The van der Waals surface area contributed by atoms with Crippen LogP contribution in [0, 0.1) is 0 Å². The first kappa shape index (κ1) is 21.9. The largest absolute Gasteiger partial charge is 0.490 e. The van der Waals surface area contributed by atoms with Crippen molar-refractivity contribution in [3.63, 3.8) is 0 Å². The lowest BCUT2D eigenvalue weighted by Crippen LogP contribution is -2.26. The van der Waals surface area contributed by atoms with E-state index in [9.17, 15) is 18.0 Å². The molecule has 1 N–H and O–H groups in total. The quantitative estimate of drug-likeness (QED) is 0.823. The maximum atomic E-state index is 12.0. The van der Waals surface area contributed by atoms with Crippen molar-refractivity contribution in [3.8, 4) is 0 Å². The molecule has 2 aromatic rings. The highest BCUT2D eigenvalue weighted by Gasteiger charge is 2.38. The van der Waals surface area contributed by atoms with E-state index in [1.54, 1.807) is 42.9 Å². The summed E-state index contributed by atoms with van der Waals surface area (Å²) >= 11 is 1.55. The summed E-state index contributed by atoms with van der Waals surface area (Å²) in [5, 5.41) is 7.74. The zero-order valence-electron chi connectivity index (χ0n) is 15.3. The van der Waals surface area contributed by atoms with Crippen LogP contribution in [0.5, 0.6) is 0 Å². The number of rotatable bonds is 3. The third-order valence-corrected chi connectivity index (χ3v) is 5.06. The van der Waals surface area contributed by atoms with E-state index in [2.05, 4.69) is 9.88 Å². The van der Waals surface area contributed by atoms with Gasteiger partial charge in [-0.15, -0.1) is 11.3 Å². The first-order chi connectivity index (χ1) is 13.1. The number of hydrogen-bond donors (Lipinski definition) is 1. The zero-order valence-corrected chi connectivity index (χ0v) is 16.1. The van der Waals surface area contributed by atoms with E-state index in [4.69, 9.17) is 14.3 Å². The maximum Gasteiger partial charge on any atom is 0.490 e. The molecule has 0 spiro atoms. The first-order valence-electron chi connectivity index (χ1n) is 8.31. The van der Waals surface area contributed by atoms with Gasteiger partial charge >= 0.3 is 12.1 Å². The van der Waals surface area contributed by atoms with Gasteiger partial charge in [-0.25, -0.2) is 9.78 Å². The molecule has 7 nitrogen and oxygen atoms in total. The molecule has 0 aromatic carbocycles. The van der Waals surface area contributed by atoms with Crippen LogP contribution in [0.15, 0.2) is 23.0 Å². The number of aromatic nitrogens is 1. The second kappa shape index (κ2) is 9.20. The molecule has 1 aliphatic rings. The molecule has 3 rings (SSSR count). The highest BCUT2D eigenvalue weighted by molar-refractivity contribution is 7.13. The van der Waals surface area contributed by atoms with E-state index in [-0.39, 0.29) is 5.91 Å². The number of aliphatic carboxylic acids is 1. The van der Waals surface area contributed by atoms with Gasteiger partial charge in [0.15, 0.2) is 5.01 Å². The molecule has 0 fully saturated rings. The van der Waals surface area contributed by atoms with Crippen molar-refractivity contribution in [1.82, 2.24) is 14.8 Å². The molecule has 0 atom stereocenters. The van der Waals surface area contributed by atoms with Crippen LogP contribution in [-0.4, -0.2) is 65.1 Å². The molecule has 154 valence electrons. The molecule has 28 heavy (non-hydrogen) atoms. The Morgan fingerprint density at radius 2 is 1.96 bits per heavy atom. The maximum absolute atomic E-state index is 12.0. The minimum atomic E-state index is -5.08. The SMILES string of the molecule is CN(C)C(=O)c1nc2c(s1)CCN(Cc1ccoc1)CC2.O=C(O)C(F)(F)F. The third kappa shape index (κ3) is 6.06. The highest BCUT2D eigenvalue weighted by atomic mass is 32.1. The lowest BCUT2D eigenvalue weighted by atomic mass is 10.2. The molecule has 1 amide bonds. The number of amides is 1. The number of carboxylic acids is 1. The zero-order chi connectivity index (χ0) is 20.9. The molecule has 0 unspecified atom stereocenters. The number of carboxylic acid groups (broad SMARTS) is 1. The van der Waals surface area contributed by atoms with Gasteiger partial charge in [-0.1, -0.05) is 0 Å². The van der Waals surface area contributed by atoms with Crippen molar-refractivity contribution in [2.75, 3.05) is 27.2 Å². The van der Waals surface area contributed by atoms with Gasteiger partial charge in [0.2, 0.25) is 0 Å². The second-order valence-corrected chi connectivity index (χ2v) is 7.38. The van der Waals surface area contributed by atoms with Gasteiger partial charge in [0, 0.05) is 50.6 Å². The predicted octanol–water partition coefficient (Wildman–Crippen LogP) is 2.67. The van der Waals surface area contributed by atoms with E-state index in [1.165, 1.54) is 10.4 Å². The van der Waals surface area contributed by atoms with E-state index in [0.717, 1.165) is 38.2 Å². The molecular weight excluding hydrogens is 399 g/mol. The van der Waals surface area contributed by atoms with E-state index < -0.39 is 12.1 Å². The van der Waals surface area contributed by atoms with Gasteiger partial charge in [0.1, 0.15) is 0 Å². The van der Waals surface area contributed by atoms with Crippen LogP contribution in [0.3, 0.4) is 0 Å². The Labute approximate surface area is 163 Å². The third-order valence-electron chi connectivity index (χ3n) is 3.92. The fourth-order valence-electron chi connectivity index (χ4n) is 2.49. The Morgan fingerprint density at radius 3 is 2.50 bits per heavy atom. The smallest absolute Gasteiger partial charge is 0.475 e. The number of thiazole rings is 1. The number of halogens is 3. The number of carbonyl (C=O) groups excluding carboxylic acids is 1. The molecule has 1 aliphatic heterocycles. The topological polar surface area (TPSA) is 86.9 Å². The lowest BCUT2D eigenvalue weighted by Gasteiger charge is -2.18. The number of nitrogens with zero attached hydrogens (tertiary/aromatic N) is 3. The number of furan rings is 1. The molecular formula is C17H20F3N3O4S. The van der Waals surface area contributed by atoms with E-state index >= 15 is 0 Å². The van der Waals surface area contributed by atoms with Crippen molar-refractivity contribution in [3.05, 3.63) is 39.7 Å². The van der Waals surface area contributed by atoms with Crippen LogP contribution in [0.25, 0.3) is 0 Å². The van der Waals surface area contributed by atoms with Crippen LogP contribution in [0.4, 0.5) is 13.2 Å². The van der Waals surface area contributed by atoms with Crippen molar-refractivity contribution in [1.29, 1.82) is 0 Å². The fourth-order valence-corrected chi connectivity index (χ4v) is 3.61. The molecule has 0 radical (unpaired) electrons.